The van der Waals surface area contributed by atoms with Crippen LogP contribution < -0.4 is 0 Å². The number of carbonyl (C=O) groups is 1. The van der Waals surface area contributed by atoms with Crippen LogP contribution in [0.1, 0.15) is 24.4 Å². The summed E-state index contributed by atoms with van der Waals surface area (Å²) in [5.74, 6) is -0.190. The van der Waals surface area contributed by atoms with Crippen LogP contribution >= 0.6 is 0 Å². The molecule has 0 bridgehead atoms. The van der Waals surface area contributed by atoms with Crippen LogP contribution in [0.25, 0.3) is 11.3 Å². The summed E-state index contributed by atoms with van der Waals surface area (Å²) in [7, 11) is 0. The maximum atomic E-state index is 13.7. The number of nitrogens with zero attached hydrogens (tertiary/aromatic N) is 4. The van der Waals surface area contributed by atoms with Gasteiger partial charge in [-0.25, -0.2) is 9.07 Å². The van der Waals surface area contributed by atoms with Crippen molar-refractivity contribution in [1.82, 2.24) is 19.9 Å². The highest BCUT2D eigenvalue weighted by molar-refractivity contribution is 5.76. The molecule has 0 spiro atoms. The van der Waals surface area contributed by atoms with Crippen LogP contribution in [0.3, 0.4) is 0 Å². The normalized spacial score (nSPS) is 16.6. The molecule has 2 aromatic carbocycles. The predicted molar refractivity (Wildman–Crippen MR) is 100 cm³/mol. The van der Waals surface area contributed by atoms with Crippen LogP contribution in [0, 0.1) is 5.82 Å². The number of aryl methyl sites for hydroxylation is 1. The molecular weight excluding hydrogens is 343 g/mol. The van der Waals surface area contributed by atoms with E-state index in [4.69, 9.17) is 0 Å². The molecule has 1 unspecified atom stereocenters. The molecule has 0 saturated carbocycles. The number of amides is 1. The van der Waals surface area contributed by atoms with Crippen molar-refractivity contribution in [3.63, 3.8) is 0 Å². The minimum Gasteiger partial charge on any atom is -0.340 e. The van der Waals surface area contributed by atoms with Gasteiger partial charge in [0.15, 0.2) is 0 Å². The van der Waals surface area contributed by atoms with E-state index in [0.29, 0.717) is 31.5 Å². The second-order valence-corrected chi connectivity index (χ2v) is 6.82. The maximum absolute atomic E-state index is 13.7. The number of carbonyl (C=O) groups excluding carboxylic acids is 1. The van der Waals surface area contributed by atoms with E-state index in [-0.39, 0.29) is 17.8 Å². The van der Waals surface area contributed by atoms with Crippen LogP contribution in [-0.2, 0) is 11.2 Å². The summed E-state index contributed by atoms with van der Waals surface area (Å²) in [4.78, 5) is 14.3. The molecule has 1 fully saturated rings. The first kappa shape index (κ1) is 17.4. The summed E-state index contributed by atoms with van der Waals surface area (Å²) in [6.45, 7) is 1.31. The highest BCUT2D eigenvalue weighted by atomic mass is 19.1. The third-order valence-corrected chi connectivity index (χ3v) is 5.04. The van der Waals surface area contributed by atoms with Crippen LogP contribution in [0.2, 0.25) is 0 Å². The van der Waals surface area contributed by atoms with Gasteiger partial charge in [-0.05, 0) is 24.5 Å². The average molecular weight is 364 g/mol. The van der Waals surface area contributed by atoms with Gasteiger partial charge in [0.2, 0.25) is 5.91 Å². The third kappa shape index (κ3) is 3.89. The van der Waals surface area contributed by atoms with Gasteiger partial charge in [-0.2, -0.15) is 0 Å². The second kappa shape index (κ2) is 7.70. The number of likely N-dealkylation sites (tertiary alicyclic amines) is 1. The number of rotatable bonds is 5. The lowest BCUT2D eigenvalue weighted by Crippen LogP contribution is -2.29. The molecular formula is C21H21FN4O. The van der Waals surface area contributed by atoms with Gasteiger partial charge in [0.1, 0.15) is 11.5 Å². The van der Waals surface area contributed by atoms with E-state index in [1.807, 2.05) is 46.1 Å². The zero-order valence-corrected chi connectivity index (χ0v) is 15.0. The van der Waals surface area contributed by atoms with Crippen molar-refractivity contribution in [2.75, 3.05) is 13.1 Å². The molecule has 0 N–H and O–H groups in total. The van der Waals surface area contributed by atoms with Gasteiger partial charge >= 0.3 is 0 Å². The van der Waals surface area contributed by atoms with E-state index < -0.39 is 0 Å². The smallest absolute Gasteiger partial charge is 0.222 e. The Morgan fingerprint density at radius 1 is 1.11 bits per heavy atom. The Morgan fingerprint density at radius 2 is 1.89 bits per heavy atom. The van der Waals surface area contributed by atoms with Gasteiger partial charge in [-0.3, -0.25) is 4.79 Å². The Labute approximate surface area is 157 Å². The first-order chi connectivity index (χ1) is 13.2. The molecule has 0 radical (unpaired) electrons. The van der Waals surface area contributed by atoms with Gasteiger partial charge < -0.3 is 4.90 Å². The van der Waals surface area contributed by atoms with Gasteiger partial charge in [-0.1, -0.05) is 53.7 Å². The molecule has 6 heteroatoms. The molecule has 0 aliphatic carbocycles. The van der Waals surface area contributed by atoms with Gasteiger partial charge in [0.25, 0.3) is 0 Å². The van der Waals surface area contributed by atoms with Crippen molar-refractivity contribution in [2.45, 2.75) is 25.3 Å². The van der Waals surface area contributed by atoms with E-state index in [1.54, 1.807) is 18.2 Å². The van der Waals surface area contributed by atoms with E-state index in [0.717, 1.165) is 17.7 Å². The molecule has 1 saturated heterocycles. The molecule has 2 heterocycles. The predicted octanol–water partition coefficient (Wildman–Crippen LogP) is 3.49. The van der Waals surface area contributed by atoms with Crippen LogP contribution in [-0.4, -0.2) is 38.9 Å². The van der Waals surface area contributed by atoms with Gasteiger partial charge in [0, 0.05) is 25.1 Å². The highest BCUT2D eigenvalue weighted by Crippen LogP contribution is 2.24. The minimum atomic E-state index is -0.249. The molecule has 138 valence electrons. The number of hydrogen-bond acceptors (Lipinski definition) is 3. The summed E-state index contributed by atoms with van der Waals surface area (Å²) in [6.07, 6.45) is 3.53. The Kier molecular flexibility index (Phi) is 4.96. The van der Waals surface area contributed by atoms with Crippen molar-refractivity contribution in [2.24, 2.45) is 0 Å². The lowest BCUT2D eigenvalue weighted by molar-refractivity contribution is -0.130. The molecule has 1 atom stereocenters. The second-order valence-electron chi connectivity index (χ2n) is 6.82. The molecule has 5 nitrogen and oxygen atoms in total. The van der Waals surface area contributed by atoms with Crippen LogP contribution in [0.5, 0.6) is 0 Å². The molecule has 27 heavy (non-hydrogen) atoms. The fourth-order valence-corrected chi connectivity index (χ4v) is 3.48. The van der Waals surface area contributed by atoms with Crippen LogP contribution in [0.4, 0.5) is 4.39 Å². The fraction of sp³-hybridized carbons (Fsp3) is 0.286. The summed E-state index contributed by atoms with van der Waals surface area (Å²) >= 11 is 0. The summed E-state index contributed by atoms with van der Waals surface area (Å²) in [5.41, 5.74) is 2.45. The monoisotopic (exact) mass is 364 g/mol. The lowest BCUT2D eigenvalue weighted by atomic mass is 10.1. The van der Waals surface area contributed by atoms with Gasteiger partial charge in [-0.15, -0.1) is 5.10 Å². The molecule has 1 amide bonds. The number of halogens is 1. The Bertz CT molecular complexity index is 925. The van der Waals surface area contributed by atoms with E-state index in [9.17, 15) is 9.18 Å². The number of benzene rings is 2. The van der Waals surface area contributed by atoms with Gasteiger partial charge in [0.05, 0.1) is 12.2 Å². The van der Waals surface area contributed by atoms with Crippen molar-refractivity contribution < 1.29 is 9.18 Å². The molecule has 4 rings (SSSR count). The summed E-state index contributed by atoms with van der Waals surface area (Å²) < 4.78 is 15.6. The Hall–Kier alpha value is -3.02. The first-order valence-corrected chi connectivity index (χ1v) is 9.19. The average Bonchev–Trinajstić information content (AvgIpc) is 3.37. The van der Waals surface area contributed by atoms with E-state index in [1.165, 1.54) is 6.07 Å². The molecule has 1 aliphatic rings. The zero-order chi connectivity index (χ0) is 18.6. The standard InChI is InChI=1S/C21H21FN4O/c22-19-9-5-4-6-16(19)10-11-21(27)25-13-12-18(14-25)26-15-20(23-24-26)17-7-2-1-3-8-17/h1-9,15,18H,10-14H2. The van der Waals surface area contributed by atoms with E-state index >= 15 is 0 Å². The number of aromatic nitrogens is 3. The zero-order valence-electron chi connectivity index (χ0n) is 15.0. The topological polar surface area (TPSA) is 51.0 Å². The van der Waals surface area contributed by atoms with Crippen molar-refractivity contribution in [3.05, 3.63) is 72.2 Å². The maximum Gasteiger partial charge on any atom is 0.222 e. The largest absolute Gasteiger partial charge is 0.340 e. The van der Waals surface area contributed by atoms with Crippen molar-refractivity contribution in [1.29, 1.82) is 0 Å². The highest BCUT2D eigenvalue weighted by Gasteiger charge is 2.28. The Morgan fingerprint density at radius 3 is 2.70 bits per heavy atom. The molecule has 3 aromatic rings. The summed E-state index contributed by atoms with van der Waals surface area (Å²) in [5, 5.41) is 8.51. The SMILES string of the molecule is O=C(CCc1ccccc1F)N1CCC(n2cc(-c3ccccc3)nn2)C1. The first-order valence-electron chi connectivity index (χ1n) is 9.19. The quantitative estimate of drug-likeness (QED) is 0.696. The van der Waals surface area contributed by atoms with E-state index in [2.05, 4.69) is 10.3 Å². The number of hydrogen-bond donors (Lipinski definition) is 0. The van der Waals surface area contributed by atoms with Crippen molar-refractivity contribution in [3.8, 4) is 11.3 Å². The minimum absolute atomic E-state index is 0.0594. The fourth-order valence-electron chi connectivity index (χ4n) is 3.48. The molecule has 1 aromatic heterocycles. The van der Waals surface area contributed by atoms with Crippen LogP contribution in [0.15, 0.2) is 60.8 Å². The Balaban J connectivity index is 1.35. The lowest BCUT2D eigenvalue weighted by Gasteiger charge is -2.16. The van der Waals surface area contributed by atoms with Crippen molar-refractivity contribution >= 4 is 5.91 Å². The summed E-state index contributed by atoms with van der Waals surface area (Å²) in [6, 6.07) is 16.7. The third-order valence-electron chi connectivity index (χ3n) is 5.04. The molecule has 1 aliphatic heterocycles.